The molecular formula is C10H14Cl2N2O2S2. The summed E-state index contributed by atoms with van der Waals surface area (Å²) in [5.41, 5.74) is 0. The first kappa shape index (κ1) is 14.6. The van der Waals surface area contributed by atoms with Gasteiger partial charge in [0.2, 0.25) is 10.0 Å². The van der Waals surface area contributed by atoms with Gasteiger partial charge in [-0.15, -0.1) is 11.3 Å². The second-order valence-corrected chi connectivity index (χ2v) is 8.19. The minimum Gasteiger partial charge on any atom is -0.314 e. The Morgan fingerprint density at radius 2 is 2.28 bits per heavy atom. The molecule has 2 rings (SSSR count). The molecule has 1 atom stereocenters. The van der Waals surface area contributed by atoms with Crippen LogP contribution in [0.1, 0.15) is 19.3 Å². The molecular weight excluding hydrogens is 315 g/mol. The van der Waals surface area contributed by atoms with Gasteiger partial charge in [-0.2, -0.15) is 0 Å². The van der Waals surface area contributed by atoms with Gasteiger partial charge in [-0.3, -0.25) is 0 Å². The molecule has 0 spiro atoms. The first-order valence-electron chi connectivity index (χ1n) is 5.67. The Hall–Kier alpha value is 0.150. The first-order chi connectivity index (χ1) is 8.49. The number of hydrogen-bond acceptors (Lipinski definition) is 4. The molecule has 4 nitrogen and oxygen atoms in total. The van der Waals surface area contributed by atoms with Crippen LogP contribution in [0.15, 0.2) is 11.0 Å². The minimum atomic E-state index is -3.55. The summed E-state index contributed by atoms with van der Waals surface area (Å²) in [6.45, 7) is 1.42. The normalized spacial score (nSPS) is 20.4. The smallest absolute Gasteiger partial charge is 0.242 e. The molecule has 0 aromatic carbocycles. The molecule has 2 heterocycles. The molecule has 0 bridgehead atoms. The summed E-state index contributed by atoms with van der Waals surface area (Å²) >= 11 is 12.6. The number of hydrogen-bond donors (Lipinski definition) is 2. The molecule has 0 saturated carbocycles. The van der Waals surface area contributed by atoms with Crippen LogP contribution in [0.25, 0.3) is 0 Å². The van der Waals surface area contributed by atoms with Gasteiger partial charge in [0, 0.05) is 12.6 Å². The highest BCUT2D eigenvalue weighted by Crippen LogP contribution is 2.34. The van der Waals surface area contributed by atoms with Gasteiger partial charge in [-0.25, -0.2) is 13.1 Å². The lowest BCUT2D eigenvalue weighted by atomic mass is 10.2. The maximum absolute atomic E-state index is 12.0. The van der Waals surface area contributed by atoms with Crippen LogP contribution < -0.4 is 10.0 Å². The molecule has 1 aromatic heterocycles. The fraction of sp³-hybridized carbons (Fsp3) is 0.600. The molecule has 18 heavy (non-hydrogen) atoms. The molecule has 0 amide bonds. The van der Waals surface area contributed by atoms with Gasteiger partial charge in [0.25, 0.3) is 0 Å². The number of nitrogens with one attached hydrogen (secondary N) is 2. The lowest BCUT2D eigenvalue weighted by molar-refractivity contribution is 0.539. The van der Waals surface area contributed by atoms with E-state index in [9.17, 15) is 8.42 Å². The fourth-order valence-corrected chi connectivity index (χ4v) is 5.15. The molecule has 1 unspecified atom stereocenters. The van der Waals surface area contributed by atoms with E-state index in [4.69, 9.17) is 23.2 Å². The van der Waals surface area contributed by atoms with E-state index in [-0.39, 0.29) is 9.23 Å². The predicted octanol–water partition coefficient (Wildman–Crippen LogP) is 2.48. The third-order valence-corrected chi connectivity index (χ3v) is 6.08. The van der Waals surface area contributed by atoms with Gasteiger partial charge in [0.05, 0.1) is 4.34 Å². The van der Waals surface area contributed by atoms with Gasteiger partial charge in [-0.1, -0.05) is 23.2 Å². The number of rotatable bonds is 5. The first-order valence-corrected chi connectivity index (χ1v) is 8.72. The molecule has 1 aromatic rings. The van der Waals surface area contributed by atoms with Crippen molar-refractivity contribution in [3.8, 4) is 0 Å². The number of thiophene rings is 1. The summed E-state index contributed by atoms with van der Waals surface area (Å²) in [7, 11) is -3.55. The van der Waals surface area contributed by atoms with E-state index in [1.54, 1.807) is 0 Å². The Balaban J connectivity index is 1.93. The molecule has 1 fully saturated rings. The Morgan fingerprint density at radius 3 is 2.83 bits per heavy atom. The molecule has 0 radical (unpaired) electrons. The van der Waals surface area contributed by atoms with Crippen molar-refractivity contribution in [3.05, 3.63) is 14.7 Å². The molecule has 102 valence electrons. The van der Waals surface area contributed by atoms with E-state index in [1.165, 1.54) is 6.07 Å². The van der Waals surface area contributed by atoms with Crippen molar-refractivity contribution in [2.45, 2.75) is 30.2 Å². The summed E-state index contributed by atoms with van der Waals surface area (Å²) in [5, 5.41) is 3.32. The molecule has 0 aliphatic carbocycles. The third kappa shape index (κ3) is 3.59. The monoisotopic (exact) mass is 328 g/mol. The minimum absolute atomic E-state index is 0.0681. The van der Waals surface area contributed by atoms with Crippen molar-refractivity contribution in [1.29, 1.82) is 0 Å². The average Bonchev–Trinajstić information content (AvgIpc) is 2.88. The summed E-state index contributed by atoms with van der Waals surface area (Å²) < 4.78 is 27.1. The Morgan fingerprint density at radius 1 is 1.50 bits per heavy atom. The maximum atomic E-state index is 12.0. The molecule has 1 aliphatic heterocycles. The zero-order valence-electron chi connectivity index (χ0n) is 9.58. The van der Waals surface area contributed by atoms with Crippen LogP contribution in [0.2, 0.25) is 8.67 Å². The summed E-state index contributed by atoms with van der Waals surface area (Å²) in [6, 6.07) is 1.79. The molecule has 1 saturated heterocycles. The maximum Gasteiger partial charge on any atom is 0.242 e. The third-order valence-electron chi connectivity index (χ3n) is 2.86. The van der Waals surface area contributed by atoms with E-state index in [2.05, 4.69) is 10.0 Å². The predicted molar refractivity (Wildman–Crippen MR) is 75.2 cm³/mol. The molecule has 2 N–H and O–H groups in total. The summed E-state index contributed by atoms with van der Waals surface area (Å²) in [4.78, 5) is 0.0681. The Kier molecular flexibility index (Phi) is 4.91. The van der Waals surface area contributed by atoms with Crippen LogP contribution in [0.3, 0.4) is 0 Å². The Labute approximate surface area is 121 Å². The van der Waals surface area contributed by atoms with Crippen LogP contribution in [0, 0.1) is 0 Å². The van der Waals surface area contributed by atoms with E-state index in [0.717, 1.165) is 37.1 Å². The second kappa shape index (κ2) is 6.07. The van der Waals surface area contributed by atoms with E-state index >= 15 is 0 Å². The van der Waals surface area contributed by atoms with Gasteiger partial charge in [-0.05, 0) is 31.9 Å². The summed E-state index contributed by atoms with van der Waals surface area (Å²) in [5.74, 6) is 0. The second-order valence-electron chi connectivity index (χ2n) is 4.17. The molecule has 1 aliphatic rings. The average molecular weight is 329 g/mol. The van der Waals surface area contributed by atoms with Crippen molar-refractivity contribution >= 4 is 44.6 Å². The van der Waals surface area contributed by atoms with E-state index in [0.29, 0.717) is 16.9 Å². The van der Waals surface area contributed by atoms with Gasteiger partial charge >= 0.3 is 0 Å². The zero-order chi connectivity index (χ0) is 13.2. The van der Waals surface area contributed by atoms with Gasteiger partial charge in [0.15, 0.2) is 0 Å². The lowest BCUT2D eigenvalue weighted by Crippen LogP contribution is -2.30. The highest BCUT2D eigenvalue weighted by atomic mass is 35.5. The van der Waals surface area contributed by atoms with Crippen LogP contribution in [0.4, 0.5) is 0 Å². The quantitative estimate of drug-likeness (QED) is 0.872. The molecule has 8 heteroatoms. The van der Waals surface area contributed by atoms with Gasteiger partial charge < -0.3 is 5.32 Å². The van der Waals surface area contributed by atoms with Crippen LogP contribution in [-0.4, -0.2) is 27.5 Å². The number of halogens is 2. The van der Waals surface area contributed by atoms with E-state index in [1.807, 2.05) is 0 Å². The van der Waals surface area contributed by atoms with Crippen molar-refractivity contribution in [2.75, 3.05) is 13.1 Å². The van der Waals surface area contributed by atoms with Crippen LogP contribution in [-0.2, 0) is 10.0 Å². The van der Waals surface area contributed by atoms with Crippen molar-refractivity contribution < 1.29 is 8.42 Å². The lowest BCUT2D eigenvalue weighted by Gasteiger charge is -2.10. The SMILES string of the molecule is O=S(=O)(NCCC1CCCN1)c1cc(Cl)sc1Cl. The van der Waals surface area contributed by atoms with Crippen molar-refractivity contribution in [1.82, 2.24) is 10.0 Å². The van der Waals surface area contributed by atoms with Crippen molar-refractivity contribution in [2.24, 2.45) is 0 Å². The highest BCUT2D eigenvalue weighted by molar-refractivity contribution is 7.89. The standard InChI is InChI=1S/C10H14Cl2N2O2S2/c11-9-6-8(10(12)17-9)18(15,16)14-5-3-7-2-1-4-13-7/h6-7,13-14H,1-5H2. The largest absolute Gasteiger partial charge is 0.314 e. The fourth-order valence-electron chi connectivity index (χ4n) is 1.96. The van der Waals surface area contributed by atoms with Crippen LogP contribution in [0.5, 0.6) is 0 Å². The van der Waals surface area contributed by atoms with Crippen molar-refractivity contribution in [3.63, 3.8) is 0 Å². The number of sulfonamides is 1. The van der Waals surface area contributed by atoms with E-state index < -0.39 is 10.0 Å². The zero-order valence-corrected chi connectivity index (χ0v) is 12.7. The van der Waals surface area contributed by atoms with Gasteiger partial charge in [0.1, 0.15) is 9.23 Å². The summed E-state index contributed by atoms with van der Waals surface area (Å²) in [6.07, 6.45) is 3.05. The van der Waals surface area contributed by atoms with Crippen LogP contribution >= 0.6 is 34.5 Å². The topological polar surface area (TPSA) is 58.2 Å². The highest BCUT2D eigenvalue weighted by Gasteiger charge is 2.21. The Bertz CT molecular complexity index is 510.